The van der Waals surface area contributed by atoms with Crippen LogP contribution in [-0.4, -0.2) is 52.9 Å². The zero-order valence-electron chi connectivity index (χ0n) is 11.7. The molecule has 1 aliphatic heterocycles. The number of hydrogen-bond donors (Lipinski definition) is 3. The Bertz CT molecular complexity index is 319. The molecule has 6 heteroatoms. The molecule has 0 unspecified atom stereocenters. The fourth-order valence-electron chi connectivity index (χ4n) is 2.52. The van der Waals surface area contributed by atoms with E-state index in [4.69, 9.17) is 10.2 Å². The summed E-state index contributed by atoms with van der Waals surface area (Å²) in [4.78, 5) is 24.0. The summed E-state index contributed by atoms with van der Waals surface area (Å²) in [6.45, 7) is 5.50. The lowest BCUT2D eigenvalue weighted by Gasteiger charge is -2.40. The summed E-state index contributed by atoms with van der Waals surface area (Å²) in [5.41, 5.74) is 0.345. The minimum Gasteiger partial charge on any atom is -0.479 e. The van der Waals surface area contributed by atoms with E-state index in [1.807, 2.05) is 0 Å². The zero-order chi connectivity index (χ0) is 14.5. The SMILES string of the molecule is CCC1(CC)CCN(C(=O)NC[C@H](O)C(=O)O)CC1. The second-order valence-electron chi connectivity index (χ2n) is 5.23. The van der Waals surface area contributed by atoms with Gasteiger partial charge in [0, 0.05) is 13.1 Å². The number of hydrogen-bond acceptors (Lipinski definition) is 3. The number of carboxylic acids is 1. The number of nitrogens with zero attached hydrogens (tertiary/aromatic N) is 1. The maximum atomic E-state index is 11.8. The van der Waals surface area contributed by atoms with Crippen molar-refractivity contribution in [3.05, 3.63) is 0 Å². The molecule has 0 bridgehead atoms. The van der Waals surface area contributed by atoms with Gasteiger partial charge in [-0.1, -0.05) is 26.7 Å². The summed E-state index contributed by atoms with van der Waals surface area (Å²) in [6.07, 6.45) is 2.66. The van der Waals surface area contributed by atoms with Crippen molar-refractivity contribution in [3.8, 4) is 0 Å². The minimum absolute atomic E-state index is 0.253. The Morgan fingerprint density at radius 2 is 1.79 bits per heavy atom. The van der Waals surface area contributed by atoms with Gasteiger partial charge in [-0.25, -0.2) is 9.59 Å². The molecule has 0 spiro atoms. The van der Waals surface area contributed by atoms with E-state index in [1.54, 1.807) is 4.90 Å². The molecule has 2 amide bonds. The lowest BCUT2D eigenvalue weighted by molar-refractivity contribution is -0.146. The number of carbonyl (C=O) groups is 2. The topological polar surface area (TPSA) is 89.9 Å². The van der Waals surface area contributed by atoms with Crippen LogP contribution in [0, 0.1) is 5.41 Å². The van der Waals surface area contributed by atoms with Crippen LogP contribution in [0.5, 0.6) is 0 Å². The van der Waals surface area contributed by atoms with Gasteiger partial charge in [0.25, 0.3) is 0 Å². The van der Waals surface area contributed by atoms with E-state index >= 15 is 0 Å². The third-order valence-corrected chi connectivity index (χ3v) is 4.34. The monoisotopic (exact) mass is 272 g/mol. The highest BCUT2D eigenvalue weighted by Crippen LogP contribution is 2.37. The van der Waals surface area contributed by atoms with Crippen molar-refractivity contribution < 1.29 is 19.8 Å². The molecule has 0 aromatic carbocycles. The first kappa shape index (κ1) is 15.8. The summed E-state index contributed by atoms with van der Waals surface area (Å²) in [5.74, 6) is -1.32. The molecule has 0 radical (unpaired) electrons. The molecule has 6 nitrogen and oxygen atoms in total. The smallest absolute Gasteiger partial charge is 0.334 e. The van der Waals surface area contributed by atoms with Gasteiger partial charge in [0.05, 0.1) is 6.54 Å². The van der Waals surface area contributed by atoms with Crippen LogP contribution >= 0.6 is 0 Å². The first-order valence-corrected chi connectivity index (χ1v) is 6.88. The van der Waals surface area contributed by atoms with Crippen molar-refractivity contribution >= 4 is 12.0 Å². The normalized spacial score (nSPS) is 19.8. The Kier molecular flexibility index (Phi) is 5.60. The minimum atomic E-state index is -1.54. The van der Waals surface area contributed by atoms with Crippen molar-refractivity contribution in [2.24, 2.45) is 5.41 Å². The average molecular weight is 272 g/mol. The molecule has 3 N–H and O–H groups in total. The van der Waals surface area contributed by atoms with Crippen LogP contribution in [0.25, 0.3) is 0 Å². The second-order valence-corrected chi connectivity index (χ2v) is 5.23. The molecule has 0 aromatic heterocycles. The molecule has 110 valence electrons. The lowest BCUT2D eigenvalue weighted by Crippen LogP contribution is -2.49. The van der Waals surface area contributed by atoms with Gasteiger partial charge in [-0.05, 0) is 18.3 Å². The van der Waals surface area contributed by atoms with Gasteiger partial charge in [0.1, 0.15) is 0 Å². The van der Waals surface area contributed by atoms with Crippen LogP contribution in [0.15, 0.2) is 0 Å². The molecule has 0 aliphatic carbocycles. The van der Waals surface area contributed by atoms with Gasteiger partial charge in [0.2, 0.25) is 0 Å². The Balaban J connectivity index is 2.39. The van der Waals surface area contributed by atoms with Gasteiger partial charge in [0.15, 0.2) is 6.10 Å². The van der Waals surface area contributed by atoms with Crippen LogP contribution in [0.1, 0.15) is 39.5 Å². The summed E-state index contributed by atoms with van der Waals surface area (Å²) < 4.78 is 0. The summed E-state index contributed by atoms with van der Waals surface area (Å²) in [7, 11) is 0. The van der Waals surface area contributed by atoms with Crippen molar-refractivity contribution in [3.63, 3.8) is 0 Å². The number of amides is 2. The number of rotatable bonds is 5. The number of likely N-dealkylation sites (tertiary alicyclic amines) is 1. The fraction of sp³-hybridized carbons (Fsp3) is 0.846. The number of aliphatic hydroxyl groups excluding tert-OH is 1. The molecule has 0 aromatic rings. The number of nitrogens with one attached hydrogen (secondary N) is 1. The van der Waals surface area contributed by atoms with E-state index in [-0.39, 0.29) is 12.6 Å². The van der Waals surface area contributed by atoms with Crippen molar-refractivity contribution in [2.75, 3.05) is 19.6 Å². The quantitative estimate of drug-likeness (QED) is 0.697. The Morgan fingerprint density at radius 3 is 2.21 bits per heavy atom. The summed E-state index contributed by atoms with van der Waals surface area (Å²) >= 11 is 0. The van der Waals surface area contributed by atoms with Gasteiger partial charge in [-0.2, -0.15) is 0 Å². The van der Waals surface area contributed by atoms with E-state index in [9.17, 15) is 9.59 Å². The molecule has 19 heavy (non-hydrogen) atoms. The maximum absolute atomic E-state index is 11.8. The molecule has 1 saturated heterocycles. The van der Waals surface area contributed by atoms with Crippen LogP contribution in [0.3, 0.4) is 0 Å². The highest BCUT2D eigenvalue weighted by atomic mass is 16.4. The molecule has 1 atom stereocenters. The number of urea groups is 1. The van der Waals surface area contributed by atoms with Gasteiger partial charge < -0.3 is 20.4 Å². The van der Waals surface area contributed by atoms with Crippen LogP contribution in [-0.2, 0) is 4.79 Å². The summed E-state index contributed by atoms with van der Waals surface area (Å²) in [5, 5.41) is 20.1. The van der Waals surface area contributed by atoms with Crippen molar-refractivity contribution in [1.29, 1.82) is 0 Å². The first-order valence-electron chi connectivity index (χ1n) is 6.88. The van der Waals surface area contributed by atoms with Gasteiger partial charge >= 0.3 is 12.0 Å². The standard InChI is InChI=1S/C13H24N2O4/c1-3-13(4-2)5-7-15(8-6-13)12(19)14-9-10(16)11(17)18/h10,16H,3-9H2,1-2H3,(H,14,19)(H,17,18)/t10-/m0/s1. The fourth-order valence-corrected chi connectivity index (χ4v) is 2.52. The zero-order valence-corrected chi connectivity index (χ0v) is 11.7. The molecule has 1 aliphatic rings. The van der Waals surface area contributed by atoms with E-state index < -0.39 is 12.1 Å². The Morgan fingerprint density at radius 1 is 1.26 bits per heavy atom. The van der Waals surface area contributed by atoms with E-state index in [0.717, 1.165) is 25.7 Å². The maximum Gasteiger partial charge on any atom is 0.334 e. The molecule has 1 heterocycles. The largest absolute Gasteiger partial charge is 0.479 e. The number of piperidine rings is 1. The Labute approximate surface area is 113 Å². The second kappa shape index (κ2) is 6.75. The van der Waals surface area contributed by atoms with Crippen LogP contribution in [0.2, 0.25) is 0 Å². The predicted molar refractivity (Wildman–Crippen MR) is 70.9 cm³/mol. The van der Waals surface area contributed by atoms with E-state index in [0.29, 0.717) is 18.5 Å². The Hall–Kier alpha value is -1.30. The molecule has 1 fully saturated rings. The molecule has 1 rings (SSSR count). The third kappa shape index (κ3) is 4.09. The number of carbonyl (C=O) groups excluding carboxylic acids is 1. The summed E-state index contributed by atoms with van der Waals surface area (Å²) in [6, 6.07) is -0.291. The molecular formula is C13H24N2O4. The van der Waals surface area contributed by atoms with Gasteiger partial charge in [-0.3, -0.25) is 0 Å². The van der Waals surface area contributed by atoms with Crippen LogP contribution in [0.4, 0.5) is 4.79 Å². The highest BCUT2D eigenvalue weighted by molar-refractivity contribution is 5.76. The predicted octanol–water partition coefficient (Wildman–Crippen LogP) is 1.04. The molecular weight excluding hydrogens is 248 g/mol. The average Bonchev–Trinajstić information content (AvgIpc) is 2.44. The van der Waals surface area contributed by atoms with E-state index in [1.165, 1.54) is 0 Å². The van der Waals surface area contributed by atoms with E-state index in [2.05, 4.69) is 19.2 Å². The number of aliphatic carboxylic acids is 1. The third-order valence-electron chi connectivity index (χ3n) is 4.34. The van der Waals surface area contributed by atoms with Gasteiger partial charge in [-0.15, -0.1) is 0 Å². The highest BCUT2D eigenvalue weighted by Gasteiger charge is 2.32. The number of carboxylic acid groups (broad SMARTS) is 1. The lowest BCUT2D eigenvalue weighted by atomic mass is 9.74. The molecule has 0 saturated carbocycles. The number of aliphatic hydroxyl groups is 1. The van der Waals surface area contributed by atoms with Crippen LogP contribution < -0.4 is 5.32 Å². The van der Waals surface area contributed by atoms with Crippen molar-refractivity contribution in [1.82, 2.24) is 10.2 Å². The first-order chi connectivity index (χ1) is 8.94. The van der Waals surface area contributed by atoms with Crippen molar-refractivity contribution in [2.45, 2.75) is 45.6 Å².